The standard InChI is InChI=1S/C28H25FN4O5.C7H12FN/c1-5-18-20(29)8-7-16-11-17(35)12-19(21(16)18)24-14(2)23-22(26(36)38-24)25(32-27(31-23)37-4)30-13-28(9-6-10-28)33-15(3)34;8-6-4-7-2-1-3-9(7)5-6/h1,7-8,11-12,35H,6,9-10,13H2,2-4H3,(H,33,34)(H,30,31,32);6-7H,1-5H2. The summed E-state index contributed by atoms with van der Waals surface area (Å²) in [5, 5.41) is 17.4. The maximum Gasteiger partial charge on any atom is 0.349 e. The molecule has 3 fully saturated rings. The molecule has 4 heterocycles. The molecule has 1 aliphatic carbocycles. The lowest BCUT2D eigenvalue weighted by atomic mass is 9.76. The smallest absolute Gasteiger partial charge is 0.349 e. The minimum atomic E-state index is -0.747. The Balaban J connectivity index is 0.000000366. The second-order valence-corrected chi connectivity index (χ2v) is 12.6. The van der Waals surface area contributed by atoms with Gasteiger partial charge in [-0.3, -0.25) is 9.69 Å². The molecule has 1 amide bonds. The second-order valence-electron chi connectivity index (χ2n) is 12.6. The molecule has 1 saturated carbocycles. The summed E-state index contributed by atoms with van der Waals surface area (Å²) in [5.41, 5.74) is -0.281. The highest BCUT2D eigenvalue weighted by atomic mass is 19.1. The number of carbonyl (C=O) groups excluding carboxylic acids is 1. The maximum absolute atomic E-state index is 14.6. The van der Waals surface area contributed by atoms with E-state index in [-0.39, 0.29) is 51.3 Å². The quantitative estimate of drug-likeness (QED) is 0.242. The number of carbonyl (C=O) groups is 1. The van der Waals surface area contributed by atoms with Crippen LogP contribution in [0, 0.1) is 25.1 Å². The molecule has 2 saturated heterocycles. The number of hydrogen-bond acceptors (Lipinski definition) is 9. The van der Waals surface area contributed by atoms with Crippen molar-refractivity contribution in [2.75, 3.05) is 32.1 Å². The average molecular weight is 646 g/mol. The Hall–Kier alpha value is -4.76. The van der Waals surface area contributed by atoms with E-state index in [1.807, 2.05) is 0 Å². The molecule has 4 aromatic rings. The molecule has 0 spiro atoms. The first-order chi connectivity index (χ1) is 22.5. The van der Waals surface area contributed by atoms with E-state index in [4.69, 9.17) is 15.6 Å². The minimum absolute atomic E-state index is 0.0120. The molecule has 12 heteroatoms. The van der Waals surface area contributed by atoms with Gasteiger partial charge in [0.15, 0.2) is 0 Å². The van der Waals surface area contributed by atoms with E-state index in [0.29, 0.717) is 35.5 Å². The maximum atomic E-state index is 14.6. The lowest BCUT2D eigenvalue weighted by molar-refractivity contribution is -0.121. The highest BCUT2D eigenvalue weighted by molar-refractivity contribution is 6.03. The molecule has 0 bridgehead atoms. The summed E-state index contributed by atoms with van der Waals surface area (Å²) in [6, 6.07) is 6.15. The van der Waals surface area contributed by atoms with Crippen LogP contribution in [0.15, 0.2) is 33.5 Å². The van der Waals surface area contributed by atoms with Gasteiger partial charge in [-0.1, -0.05) is 12.0 Å². The molecule has 3 N–H and O–H groups in total. The van der Waals surface area contributed by atoms with Crippen molar-refractivity contribution in [3.8, 4) is 35.4 Å². The van der Waals surface area contributed by atoms with Crippen LogP contribution in [0.3, 0.4) is 0 Å². The van der Waals surface area contributed by atoms with Crippen LogP contribution in [0.4, 0.5) is 14.6 Å². The molecule has 3 aliphatic rings. The van der Waals surface area contributed by atoms with Crippen molar-refractivity contribution >= 4 is 33.4 Å². The van der Waals surface area contributed by atoms with E-state index in [2.05, 4.69) is 31.4 Å². The van der Waals surface area contributed by atoms with Crippen LogP contribution in [-0.2, 0) is 4.79 Å². The molecule has 10 nitrogen and oxygen atoms in total. The number of methoxy groups -OCH3 is 1. The van der Waals surface area contributed by atoms with Crippen LogP contribution in [0.1, 0.15) is 56.6 Å². The van der Waals surface area contributed by atoms with Gasteiger partial charge in [0, 0.05) is 42.6 Å². The highest BCUT2D eigenvalue weighted by Crippen LogP contribution is 2.39. The summed E-state index contributed by atoms with van der Waals surface area (Å²) in [4.78, 5) is 36.2. The van der Waals surface area contributed by atoms with Gasteiger partial charge >= 0.3 is 11.6 Å². The average Bonchev–Trinajstić information content (AvgIpc) is 3.60. The molecule has 2 unspecified atom stereocenters. The van der Waals surface area contributed by atoms with Gasteiger partial charge in [-0.2, -0.15) is 9.97 Å². The number of ether oxygens (including phenoxy) is 1. The van der Waals surface area contributed by atoms with Gasteiger partial charge in [-0.15, -0.1) is 6.42 Å². The fraction of sp³-hybridized carbons (Fsp3) is 0.429. The molecule has 2 aromatic heterocycles. The van der Waals surface area contributed by atoms with E-state index in [1.165, 1.54) is 51.1 Å². The van der Waals surface area contributed by atoms with Crippen molar-refractivity contribution in [2.45, 2.75) is 70.1 Å². The number of nitrogens with zero attached hydrogens (tertiary/aromatic N) is 3. The number of benzene rings is 2. The van der Waals surface area contributed by atoms with E-state index in [0.717, 1.165) is 32.2 Å². The number of phenols is 1. The zero-order valence-corrected chi connectivity index (χ0v) is 26.6. The Labute approximate surface area is 270 Å². The van der Waals surface area contributed by atoms with E-state index in [1.54, 1.807) is 6.92 Å². The molecule has 2 aromatic carbocycles. The van der Waals surface area contributed by atoms with E-state index in [9.17, 15) is 23.5 Å². The molecule has 246 valence electrons. The Morgan fingerprint density at radius 1 is 1.26 bits per heavy atom. The number of aryl methyl sites for hydroxylation is 1. The first-order valence-electron chi connectivity index (χ1n) is 15.7. The van der Waals surface area contributed by atoms with Crippen molar-refractivity contribution in [1.29, 1.82) is 0 Å². The summed E-state index contributed by atoms with van der Waals surface area (Å²) in [5.74, 6) is 1.76. The van der Waals surface area contributed by atoms with Crippen LogP contribution < -0.4 is 21.0 Å². The zero-order valence-electron chi connectivity index (χ0n) is 26.6. The predicted octanol–water partition coefficient (Wildman–Crippen LogP) is 5.21. The Morgan fingerprint density at radius 2 is 2.04 bits per heavy atom. The summed E-state index contributed by atoms with van der Waals surface area (Å²) in [6.45, 7) is 5.34. The lowest BCUT2D eigenvalue weighted by Gasteiger charge is -2.42. The normalized spacial score (nSPS) is 19.7. The first-order valence-corrected chi connectivity index (χ1v) is 15.7. The number of terminal acetylenes is 1. The number of anilines is 1. The second kappa shape index (κ2) is 12.8. The van der Waals surface area contributed by atoms with Crippen molar-refractivity contribution in [1.82, 2.24) is 20.2 Å². The Kier molecular flexibility index (Phi) is 8.76. The monoisotopic (exact) mass is 645 g/mol. The van der Waals surface area contributed by atoms with Crippen LogP contribution in [-0.4, -0.2) is 70.4 Å². The van der Waals surface area contributed by atoms with E-state index < -0.39 is 23.2 Å². The van der Waals surface area contributed by atoms with Crippen LogP contribution >= 0.6 is 0 Å². The number of alkyl halides is 1. The van der Waals surface area contributed by atoms with Gasteiger partial charge in [0.25, 0.3) is 0 Å². The van der Waals surface area contributed by atoms with E-state index >= 15 is 0 Å². The largest absolute Gasteiger partial charge is 0.508 e. The molecular formula is C35H37F2N5O5. The van der Waals surface area contributed by atoms with Crippen molar-refractivity contribution in [3.05, 3.63) is 51.6 Å². The number of phenolic OH excluding ortho intramolecular Hbond substituents is 1. The fourth-order valence-electron chi connectivity index (χ4n) is 7.06. The SMILES string of the molecule is C#Cc1c(F)ccc2cc(O)cc(-c3oc(=O)c4c(NCC5(NC(C)=O)CCC5)nc(OC)nc4c3C)c12.FC1CC2CCCN2C1. The first kappa shape index (κ1) is 32.2. The number of hydrogen-bond donors (Lipinski definition) is 3. The Bertz CT molecular complexity index is 1960. The van der Waals surface area contributed by atoms with Gasteiger partial charge in [-0.25, -0.2) is 13.6 Å². The van der Waals surface area contributed by atoms with Crippen molar-refractivity contribution in [3.63, 3.8) is 0 Å². The van der Waals surface area contributed by atoms with Gasteiger partial charge in [0.05, 0.1) is 23.7 Å². The fourth-order valence-corrected chi connectivity index (χ4v) is 7.06. The number of rotatable bonds is 6. The molecule has 2 atom stereocenters. The number of amides is 1. The molecule has 47 heavy (non-hydrogen) atoms. The summed E-state index contributed by atoms with van der Waals surface area (Å²) >= 11 is 0. The third-order valence-corrected chi connectivity index (χ3v) is 9.41. The molecule has 0 radical (unpaired) electrons. The highest BCUT2D eigenvalue weighted by Gasteiger charge is 2.38. The number of fused-ring (bicyclic) bond motifs is 3. The summed E-state index contributed by atoms with van der Waals surface area (Å²) in [6.07, 6.45) is 11.0. The molecule has 7 rings (SSSR count). The number of aromatic nitrogens is 2. The zero-order chi connectivity index (χ0) is 33.5. The van der Waals surface area contributed by atoms with Crippen LogP contribution in [0.2, 0.25) is 0 Å². The van der Waals surface area contributed by atoms with Gasteiger partial charge < -0.3 is 24.9 Å². The number of halogens is 2. The predicted molar refractivity (Wildman–Crippen MR) is 175 cm³/mol. The van der Waals surface area contributed by atoms with Crippen molar-refractivity contribution < 1.29 is 27.8 Å². The summed E-state index contributed by atoms with van der Waals surface area (Å²) < 4.78 is 38.3. The van der Waals surface area contributed by atoms with Crippen LogP contribution in [0.5, 0.6) is 11.8 Å². The Morgan fingerprint density at radius 3 is 2.70 bits per heavy atom. The number of nitrogens with one attached hydrogen (secondary N) is 2. The van der Waals surface area contributed by atoms with Crippen molar-refractivity contribution in [2.24, 2.45) is 0 Å². The summed E-state index contributed by atoms with van der Waals surface area (Å²) in [7, 11) is 1.40. The minimum Gasteiger partial charge on any atom is -0.508 e. The third-order valence-electron chi connectivity index (χ3n) is 9.41. The van der Waals surface area contributed by atoms with Crippen LogP contribution in [0.25, 0.3) is 33.0 Å². The lowest BCUT2D eigenvalue weighted by Crippen LogP contribution is -2.57. The topological polar surface area (TPSA) is 130 Å². The molecule has 2 aliphatic heterocycles. The number of aromatic hydroxyl groups is 1. The third kappa shape index (κ3) is 6.20. The molecular weight excluding hydrogens is 608 g/mol. The van der Waals surface area contributed by atoms with Gasteiger partial charge in [0.2, 0.25) is 5.91 Å². The van der Waals surface area contributed by atoms with Gasteiger partial charge in [0.1, 0.15) is 34.7 Å². The van der Waals surface area contributed by atoms with Gasteiger partial charge in [-0.05, 0) is 75.6 Å².